The Kier molecular flexibility index (Phi) is 7.07. The SMILES string of the molecule is CCCN(Cc1nc2cc(Cl)ccc2c(=O)[nH]1)C(=O)c1ccc(OC[C@@H]2CCCO2)cc1. The summed E-state index contributed by atoms with van der Waals surface area (Å²) in [7, 11) is 0. The third-order valence-corrected chi connectivity index (χ3v) is 5.64. The smallest absolute Gasteiger partial charge is 0.258 e. The molecule has 168 valence electrons. The van der Waals surface area contributed by atoms with Crippen LogP contribution < -0.4 is 10.3 Å². The Morgan fingerprint density at radius 1 is 1.28 bits per heavy atom. The molecule has 8 heteroatoms. The van der Waals surface area contributed by atoms with Crippen molar-refractivity contribution in [2.75, 3.05) is 19.8 Å². The first-order valence-corrected chi connectivity index (χ1v) is 11.2. The molecule has 0 aliphatic carbocycles. The first kappa shape index (κ1) is 22.3. The number of nitrogens with one attached hydrogen (secondary N) is 1. The van der Waals surface area contributed by atoms with Crippen molar-refractivity contribution < 1.29 is 14.3 Å². The van der Waals surface area contributed by atoms with Gasteiger partial charge in [-0.1, -0.05) is 18.5 Å². The molecule has 0 spiro atoms. The highest BCUT2D eigenvalue weighted by Crippen LogP contribution is 2.19. The fourth-order valence-corrected chi connectivity index (χ4v) is 3.95. The van der Waals surface area contributed by atoms with Gasteiger partial charge in [0.2, 0.25) is 0 Å². The maximum absolute atomic E-state index is 13.1. The van der Waals surface area contributed by atoms with E-state index in [4.69, 9.17) is 21.1 Å². The van der Waals surface area contributed by atoms with Crippen LogP contribution in [0.3, 0.4) is 0 Å². The second-order valence-corrected chi connectivity index (χ2v) is 8.31. The number of carbonyl (C=O) groups is 1. The third-order valence-electron chi connectivity index (χ3n) is 5.40. The number of aromatic amines is 1. The summed E-state index contributed by atoms with van der Waals surface area (Å²) >= 11 is 6.05. The van der Waals surface area contributed by atoms with E-state index >= 15 is 0 Å². The van der Waals surface area contributed by atoms with Gasteiger partial charge in [-0.3, -0.25) is 9.59 Å². The molecule has 1 amide bonds. The number of fused-ring (bicyclic) bond motifs is 1. The van der Waals surface area contributed by atoms with Crippen LogP contribution in [-0.2, 0) is 11.3 Å². The fraction of sp³-hybridized carbons (Fsp3) is 0.375. The van der Waals surface area contributed by atoms with Crippen LogP contribution in [0, 0.1) is 0 Å². The van der Waals surface area contributed by atoms with Crippen LogP contribution >= 0.6 is 11.6 Å². The molecular weight excluding hydrogens is 430 g/mol. The van der Waals surface area contributed by atoms with Gasteiger partial charge in [-0.05, 0) is 61.7 Å². The number of hydrogen-bond acceptors (Lipinski definition) is 5. The van der Waals surface area contributed by atoms with E-state index in [0.717, 1.165) is 25.9 Å². The maximum atomic E-state index is 13.1. The summed E-state index contributed by atoms with van der Waals surface area (Å²) in [6, 6.07) is 12.1. The van der Waals surface area contributed by atoms with Gasteiger partial charge in [-0.2, -0.15) is 0 Å². The lowest BCUT2D eigenvalue weighted by Gasteiger charge is -2.22. The Morgan fingerprint density at radius 3 is 2.81 bits per heavy atom. The van der Waals surface area contributed by atoms with Gasteiger partial charge in [0.15, 0.2) is 0 Å². The van der Waals surface area contributed by atoms with Crippen molar-refractivity contribution in [2.45, 2.75) is 38.8 Å². The van der Waals surface area contributed by atoms with Crippen molar-refractivity contribution in [3.8, 4) is 5.75 Å². The molecule has 0 radical (unpaired) electrons. The van der Waals surface area contributed by atoms with E-state index in [1.165, 1.54) is 0 Å². The number of carbonyl (C=O) groups excluding carboxylic acids is 1. The van der Waals surface area contributed by atoms with Gasteiger partial charge in [-0.25, -0.2) is 4.98 Å². The van der Waals surface area contributed by atoms with E-state index in [0.29, 0.717) is 46.2 Å². The Balaban J connectivity index is 1.47. The summed E-state index contributed by atoms with van der Waals surface area (Å²) in [6.45, 7) is 4.03. The maximum Gasteiger partial charge on any atom is 0.258 e. The molecule has 4 rings (SSSR count). The topological polar surface area (TPSA) is 84.5 Å². The number of nitrogens with zero attached hydrogens (tertiary/aromatic N) is 2. The van der Waals surface area contributed by atoms with E-state index < -0.39 is 0 Å². The molecule has 1 aliphatic heterocycles. The van der Waals surface area contributed by atoms with Crippen LogP contribution in [0.2, 0.25) is 5.02 Å². The number of benzene rings is 2. The van der Waals surface area contributed by atoms with E-state index in [-0.39, 0.29) is 24.1 Å². The van der Waals surface area contributed by atoms with Gasteiger partial charge < -0.3 is 19.4 Å². The van der Waals surface area contributed by atoms with Crippen LogP contribution in [0.25, 0.3) is 10.9 Å². The minimum atomic E-state index is -0.252. The predicted octanol–water partition coefficient (Wildman–Crippen LogP) is 4.19. The summed E-state index contributed by atoms with van der Waals surface area (Å²) in [6.07, 6.45) is 3.00. The Bertz CT molecular complexity index is 1140. The minimum Gasteiger partial charge on any atom is -0.491 e. The number of hydrogen-bond donors (Lipinski definition) is 1. The van der Waals surface area contributed by atoms with E-state index in [2.05, 4.69) is 9.97 Å². The molecule has 1 saturated heterocycles. The first-order chi connectivity index (χ1) is 15.5. The van der Waals surface area contributed by atoms with E-state index in [9.17, 15) is 9.59 Å². The zero-order valence-electron chi connectivity index (χ0n) is 18.0. The molecule has 2 aromatic carbocycles. The quantitative estimate of drug-likeness (QED) is 0.550. The normalized spacial score (nSPS) is 15.8. The molecule has 3 aromatic rings. The van der Waals surface area contributed by atoms with Gasteiger partial charge >= 0.3 is 0 Å². The fourth-order valence-electron chi connectivity index (χ4n) is 3.78. The number of aromatic nitrogens is 2. The number of rotatable bonds is 8. The van der Waals surface area contributed by atoms with Gasteiger partial charge in [0.05, 0.1) is 23.6 Å². The van der Waals surface area contributed by atoms with Crippen molar-refractivity contribution in [1.82, 2.24) is 14.9 Å². The predicted molar refractivity (Wildman–Crippen MR) is 123 cm³/mol. The van der Waals surface area contributed by atoms with Crippen molar-refractivity contribution in [3.05, 3.63) is 69.2 Å². The molecule has 1 aliphatic rings. The monoisotopic (exact) mass is 455 g/mol. The van der Waals surface area contributed by atoms with Gasteiger partial charge in [-0.15, -0.1) is 0 Å². The second kappa shape index (κ2) is 10.1. The summed E-state index contributed by atoms with van der Waals surface area (Å²) in [5.74, 6) is 0.992. The zero-order chi connectivity index (χ0) is 22.5. The van der Waals surface area contributed by atoms with Crippen LogP contribution in [0.4, 0.5) is 0 Å². The van der Waals surface area contributed by atoms with Crippen molar-refractivity contribution >= 4 is 28.4 Å². The molecule has 0 unspecified atom stereocenters. The average molecular weight is 456 g/mol. The first-order valence-electron chi connectivity index (χ1n) is 10.9. The Labute approximate surface area is 191 Å². The Morgan fingerprint density at radius 2 is 2.09 bits per heavy atom. The molecule has 1 fully saturated rings. The molecule has 1 aromatic heterocycles. The van der Waals surface area contributed by atoms with Crippen molar-refractivity contribution in [2.24, 2.45) is 0 Å². The number of ether oxygens (including phenoxy) is 2. The largest absolute Gasteiger partial charge is 0.491 e. The highest BCUT2D eigenvalue weighted by molar-refractivity contribution is 6.31. The van der Waals surface area contributed by atoms with E-state index in [1.807, 2.05) is 6.92 Å². The Hall–Kier alpha value is -2.90. The lowest BCUT2D eigenvalue weighted by Crippen LogP contribution is -2.32. The van der Waals surface area contributed by atoms with Gasteiger partial charge in [0, 0.05) is 23.7 Å². The van der Waals surface area contributed by atoms with Crippen molar-refractivity contribution in [1.29, 1.82) is 0 Å². The average Bonchev–Trinajstić information content (AvgIpc) is 3.31. The van der Waals surface area contributed by atoms with Crippen molar-refractivity contribution in [3.63, 3.8) is 0 Å². The number of amides is 1. The number of halogens is 1. The summed E-state index contributed by atoms with van der Waals surface area (Å²) in [4.78, 5) is 34.5. The number of H-pyrrole nitrogens is 1. The lowest BCUT2D eigenvalue weighted by atomic mass is 10.1. The van der Waals surface area contributed by atoms with Crippen LogP contribution in [0.15, 0.2) is 47.3 Å². The molecule has 32 heavy (non-hydrogen) atoms. The third kappa shape index (κ3) is 5.29. The van der Waals surface area contributed by atoms with E-state index in [1.54, 1.807) is 47.4 Å². The van der Waals surface area contributed by atoms with Crippen LogP contribution in [0.5, 0.6) is 5.75 Å². The zero-order valence-corrected chi connectivity index (χ0v) is 18.7. The molecule has 7 nitrogen and oxygen atoms in total. The second-order valence-electron chi connectivity index (χ2n) is 7.87. The van der Waals surface area contributed by atoms with Gasteiger partial charge in [0.1, 0.15) is 18.2 Å². The molecule has 1 N–H and O–H groups in total. The molecule has 2 heterocycles. The van der Waals surface area contributed by atoms with Crippen LogP contribution in [-0.4, -0.2) is 46.6 Å². The lowest BCUT2D eigenvalue weighted by molar-refractivity contribution is 0.0678. The minimum absolute atomic E-state index is 0.133. The molecule has 1 atom stereocenters. The summed E-state index contributed by atoms with van der Waals surface area (Å²) < 4.78 is 11.4. The highest BCUT2D eigenvalue weighted by Gasteiger charge is 2.19. The molecule has 0 bridgehead atoms. The summed E-state index contributed by atoms with van der Waals surface area (Å²) in [5.41, 5.74) is 0.806. The van der Waals surface area contributed by atoms with Crippen LogP contribution in [0.1, 0.15) is 42.4 Å². The molecule has 0 saturated carbocycles. The summed E-state index contributed by atoms with van der Waals surface area (Å²) in [5, 5.41) is 0.968. The standard InChI is InChI=1S/C24H26ClN3O4/c1-2-11-28(14-22-26-21-13-17(25)7-10-20(21)23(29)27-22)24(30)16-5-8-18(9-6-16)32-15-19-4-3-12-31-19/h5-10,13,19H,2-4,11-12,14-15H2,1H3,(H,26,27,29)/t19-/m0/s1. The highest BCUT2D eigenvalue weighted by atomic mass is 35.5. The van der Waals surface area contributed by atoms with Gasteiger partial charge in [0.25, 0.3) is 11.5 Å². The molecular formula is C24H26ClN3O4.